The number of rotatable bonds is 8. The topological polar surface area (TPSA) is 133 Å². The maximum absolute atomic E-state index is 12.9. The van der Waals surface area contributed by atoms with Gasteiger partial charge >= 0.3 is 11.9 Å². The van der Waals surface area contributed by atoms with Crippen LogP contribution in [0.3, 0.4) is 0 Å². The number of carbonyl (C=O) groups is 4. The van der Waals surface area contributed by atoms with Crippen molar-refractivity contribution in [3.63, 3.8) is 0 Å². The Balaban J connectivity index is 2.30. The van der Waals surface area contributed by atoms with E-state index >= 15 is 0 Å². The number of hydrogen-bond donors (Lipinski definition) is 0. The van der Waals surface area contributed by atoms with E-state index in [4.69, 9.17) is 9.47 Å². The van der Waals surface area contributed by atoms with Crippen molar-refractivity contribution >= 4 is 34.6 Å². The van der Waals surface area contributed by atoms with E-state index in [1.807, 2.05) is 0 Å². The van der Waals surface area contributed by atoms with Gasteiger partial charge in [-0.2, -0.15) is 0 Å². The van der Waals surface area contributed by atoms with Crippen LogP contribution in [0, 0.1) is 0 Å². The van der Waals surface area contributed by atoms with E-state index in [1.54, 1.807) is 62.4 Å². The van der Waals surface area contributed by atoms with E-state index < -0.39 is 35.0 Å². The first kappa shape index (κ1) is 26.1. The van der Waals surface area contributed by atoms with Crippen molar-refractivity contribution in [2.24, 2.45) is 0 Å². The third-order valence-electron chi connectivity index (χ3n) is 6.01. The van der Waals surface area contributed by atoms with Crippen LogP contribution in [0.4, 0.5) is 0 Å². The van der Waals surface area contributed by atoms with Crippen LogP contribution in [-0.4, -0.2) is 37.1 Å². The highest BCUT2D eigenvalue weighted by atomic mass is 16.5. The summed E-state index contributed by atoms with van der Waals surface area (Å²) in [6.07, 6.45) is 0. The molecule has 0 saturated carbocycles. The molecule has 0 amide bonds. The molecule has 0 aliphatic carbocycles. The second-order valence-corrected chi connectivity index (χ2v) is 8.15. The highest BCUT2D eigenvalue weighted by Crippen LogP contribution is 2.45. The van der Waals surface area contributed by atoms with Crippen LogP contribution in [0.2, 0.25) is 0 Å². The van der Waals surface area contributed by atoms with Gasteiger partial charge in [0.1, 0.15) is 0 Å². The molecule has 0 unspecified atom stereocenters. The molecule has 192 valence electrons. The predicted molar refractivity (Wildman–Crippen MR) is 135 cm³/mol. The zero-order valence-corrected chi connectivity index (χ0v) is 20.6. The van der Waals surface area contributed by atoms with Crippen molar-refractivity contribution in [1.29, 1.82) is 0 Å². The van der Waals surface area contributed by atoms with Crippen LogP contribution in [0.25, 0.3) is 33.0 Å². The number of carboxylic acid groups (broad SMARTS) is 2. The second kappa shape index (κ2) is 11.0. The van der Waals surface area contributed by atoms with Crippen molar-refractivity contribution in [2.75, 3.05) is 13.2 Å². The predicted octanol–water partition coefficient (Wildman–Crippen LogP) is 3.25. The number of ether oxygens (including phenoxy) is 2. The van der Waals surface area contributed by atoms with Gasteiger partial charge in [0.05, 0.1) is 36.3 Å². The van der Waals surface area contributed by atoms with E-state index in [1.165, 1.54) is 24.3 Å². The second-order valence-electron chi connectivity index (χ2n) is 8.15. The van der Waals surface area contributed by atoms with Crippen LogP contribution in [0.5, 0.6) is 0 Å². The summed E-state index contributed by atoms with van der Waals surface area (Å²) in [5, 5.41) is 25.4. The summed E-state index contributed by atoms with van der Waals surface area (Å²) >= 11 is 0. The first-order valence-electron chi connectivity index (χ1n) is 11.9. The molecule has 4 rings (SSSR count). The molecular formula is C30H22O8-2. The van der Waals surface area contributed by atoms with Crippen LogP contribution in [0.15, 0.2) is 72.8 Å². The van der Waals surface area contributed by atoms with Gasteiger partial charge in [-0.3, -0.25) is 0 Å². The monoisotopic (exact) mass is 510 g/mol. The molecule has 8 nitrogen and oxygen atoms in total. The minimum Gasteiger partial charge on any atom is -0.545 e. The summed E-state index contributed by atoms with van der Waals surface area (Å²) in [6.45, 7) is 3.43. The number of hydrogen-bond acceptors (Lipinski definition) is 8. The van der Waals surface area contributed by atoms with Crippen molar-refractivity contribution in [2.45, 2.75) is 13.8 Å². The lowest BCUT2D eigenvalue weighted by Gasteiger charge is -2.25. The van der Waals surface area contributed by atoms with Crippen molar-refractivity contribution < 1.29 is 38.9 Å². The van der Waals surface area contributed by atoms with E-state index in [0.717, 1.165) is 0 Å². The molecule has 0 atom stereocenters. The van der Waals surface area contributed by atoms with Gasteiger partial charge in [0.2, 0.25) is 0 Å². The Labute approximate surface area is 218 Å². The fourth-order valence-electron chi connectivity index (χ4n) is 4.58. The summed E-state index contributed by atoms with van der Waals surface area (Å²) in [5.41, 5.74) is -0.698. The Bertz CT molecular complexity index is 1580. The van der Waals surface area contributed by atoms with Gasteiger partial charge in [-0.05, 0) is 53.4 Å². The van der Waals surface area contributed by atoms with E-state index in [9.17, 15) is 29.4 Å². The molecule has 0 aliphatic heterocycles. The Morgan fingerprint density at radius 3 is 1.47 bits per heavy atom. The molecule has 0 spiro atoms. The first-order chi connectivity index (χ1) is 18.3. The van der Waals surface area contributed by atoms with Crippen LogP contribution in [0.1, 0.15) is 55.3 Å². The number of fused-ring (bicyclic) bond motifs is 1. The SMILES string of the molecule is CCOC(=O)c1ccccc1-c1c(C(=O)[O-])c(C(=O)[O-])c2ccccc2c1-c1ccccc1C(=O)OCC. The molecule has 0 aromatic heterocycles. The number of benzene rings is 4. The average molecular weight is 510 g/mol. The van der Waals surface area contributed by atoms with E-state index in [-0.39, 0.29) is 52.0 Å². The number of esters is 2. The number of carboxylic acids is 2. The third kappa shape index (κ3) is 4.59. The molecule has 38 heavy (non-hydrogen) atoms. The molecule has 0 radical (unpaired) electrons. The van der Waals surface area contributed by atoms with Gasteiger partial charge in [-0.1, -0.05) is 60.7 Å². The standard InChI is InChI=1S/C30H24O8/c1-3-37-29(35)21-15-9-7-13-19(21)23-17-11-5-6-12-18(17)25(27(31)32)26(28(33)34)24(23)20-14-8-10-16-22(20)30(36)38-4-2/h5-16H,3-4H2,1-2H3,(H,31,32)(H,33,34)/p-2. The lowest BCUT2D eigenvalue weighted by molar-refractivity contribution is -0.259. The van der Waals surface area contributed by atoms with Gasteiger partial charge in [0.25, 0.3) is 0 Å². The Morgan fingerprint density at radius 1 is 0.579 bits per heavy atom. The third-order valence-corrected chi connectivity index (χ3v) is 6.01. The van der Waals surface area contributed by atoms with Gasteiger partial charge in [-0.25, -0.2) is 9.59 Å². The van der Waals surface area contributed by atoms with Gasteiger partial charge in [-0.15, -0.1) is 0 Å². The smallest absolute Gasteiger partial charge is 0.338 e. The van der Waals surface area contributed by atoms with Crippen LogP contribution >= 0.6 is 0 Å². The summed E-state index contributed by atoms with van der Waals surface area (Å²) in [7, 11) is 0. The quantitative estimate of drug-likeness (QED) is 0.330. The fraction of sp³-hybridized carbons (Fsp3) is 0.133. The van der Waals surface area contributed by atoms with Crippen LogP contribution in [-0.2, 0) is 9.47 Å². The highest BCUT2D eigenvalue weighted by Gasteiger charge is 2.28. The zero-order chi connectivity index (χ0) is 27.4. The van der Waals surface area contributed by atoms with E-state index in [0.29, 0.717) is 5.39 Å². The Kier molecular flexibility index (Phi) is 7.53. The normalized spacial score (nSPS) is 10.7. The Hall–Kier alpha value is -4.98. The molecule has 0 saturated heterocycles. The number of carbonyl (C=O) groups excluding carboxylic acids is 4. The molecule has 0 heterocycles. The van der Waals surface area contributed by atoms with E-state index in [2.05, 4.69) is 0 Å². The molecule has 4 aromatic rings. The minimum atomic E-state index is -1.79. The molecule has 0 fully saturated rings. The first-order valence-corrected chi connectivity index (χ1v) is 11.9. The summed E-state index contributed by atoms with van der Waals surface area (Å²) in [4.78, 5) is 50.9. The lowest BCUT2D eigenvalue weighted by atomic mass is 9.80. The maximum atomic E-state index is 12.9. The van der Waals surface area contributed by atoms with Gasteiger partial charge in [0, 0.05) is 16.7 Å². The summed E-state index contributed by atoms with van der Waals surface area (Å²) in [6, 6.07) is 18.7. The molecule has 0 bridgehead atoms. The van der Waals surface area contributed by atoms with Gasteiger partial charge < -0.3 is 29.3 Å². The van der Waals surface area contributed by atoms with Crippen molar-refractivity contribution in [1.82, 2.24) is 0 Å². The summed E-state index contributed by atoms with van der Waals surface area (Å²) in [5.74, 6) is -4.92. The highest BCUT2D eigenvalue weighted by molar-refractivity contribution is 6.22. The van der Waals surface area contributed by atoms with Gasteiger partial charge in [0.15, 0.2) is 0 Å². The number of aromatic carboxylic acids is 2. The molecule has 8 heteroatoms. The largest absolute Gasteiger partial charge is 0.545 e. The molecule has 0 N–H and O–H groups in total. The van der Waals surface area contributed by atoms with Crippen molar-refractivity contribution in [3.05, 3.63) is 95.1 Å². The minimum absolute atomic E-state index is 0.00583. The fourth-order valence-corrected chi connectivity index (χ4v) is 4.58. The zero-order valence-electron chi connectivity index (χ0n) is 20.6. The van der Waals surface area contributed by atoms with Crippen LogP contribution < -0.4 is 10.2 Å². The average Bonchev–Trinajstić information content (AvgIpc) is 2.91. The molecule has 0 aliphatic rings. The summed E-state index contributed by atoms with van der Waals surface area (Å²) < 4.78 is 10.4. The maximum Gasteiger partial charge on any atom is 0.338 e. The molecular weight excluding hydrogens is 488 g/mol. The lowest BCUT2D eigenvalue weighted by Crippen LogP contribution is -2.31. The Morgan fingerprint density at radius 2 is 1.00 bits per heavy atom. The van der Waals surface area contributed by atoms with Crippen molar-refractivity contribution in [3.8, 4) is 22.3 Å². The molecule has 4 aromatic carbocycles.